The van der Waals surface area contributed by atoms with Crippen molar-refractivity contribution in [1.29, 1.82) is 0 Å². The van der Waals surface area contributed by atoms with Crippen LogP contribution in [-0.2, 0) is 0 Å². The fourth-order valence-corrected chi connectivity index (χ4v) is 2.33. The average molecular weight is 133 g/mol. The molecule has 0 aromatic carbocycles. The van der Waals surface area contributed by atoms with Crippen LogP contribution in [0.25, 0.3) is 5.12 Å². The first kappa shape index (κ1) is 5.08. The largest absolute Gasteiger partial charge is 0.0928 e. The minimum Gasteiger partial charge on any atom is -0.0928 e. The Morgan fingerprint density at radius 1 is 1.22 bits per heavy atom. The van der Waals surface area contributed by atoms with Gasteiger partial charge in [-0.1, -0.05) is 25.5 Å². The summed E-state index contributed by atoms with van der Waals surface area (Å²) in [5, 5.41) is 1.35. The van der Waals surface area contributed by atoms with Crippen molar-refractivity contribution in [3.63, 3.8) is 0 Å². The minimum atomic E-state index is -0.0620. The second-order valence-electron chi connectivity index (χ2n) is 1.95. The number of rotatable bonds is 0. The molecular weight excluding hydrogens is 127 g/mol. The SMILES string of the molecule is [c]1ccp2ccccc12. The maximum absolute atomic E-state index is 3.19. The molecule has 0 spiro atoms. The molecule has 0 bridgehead atoms. The molecule has 0 saturated heterocycles. The highest BCUT2D eigenvalue weighted by molar-refractivity contribution is 7.50. The van der Waals surface area contributed by atoms with Crippen molar-refractivity contribution in [3.05, 3.63) is 41.9 Å². The van der Waals surface area contributed by atoms with Crippen LogP contribution in [0.2, 0.25) is 0 Å². The maximum Gasteiger partial charge on any atom is 0.00571 e. The van der Waals surface area contributed by atoms with E-state index in [0.29, 0.717) is 0 Å². The molecule has 2 heterocycles. The van der Waals surface area contributed by atoms with Crippen LogP contribution in [0.4, 0.5) is 0 Å². The van der Waals surface area contributed by atoms with Gasteiger partial charge in [0, 0.05) is 5.12 Å². The third kappa shape index (κ3) is 0.760. The summed E-state index contributed by atoms with van der Waals surface area (Å²) in [5.41, 5.74) is 0. The summed E-state index contributed by atoms with van der Waals surface area (Å²) in [7, 11) is -0.0620. The van der Waals surface area contributed by atoms with Gasteiger partial charge < -0.3 is 0 Å². The molecule has 0 aliphatic rings. The van der Waals surface area contributed by atoms with Crippen LogP contribution in [0.3, 0.4) is 0 Å². The molecule has 0 nitrogen and oxygen atoms in total. The van der Waals surface area contributed by atoms with Crippen LogP contribution in [0.5, 0.6) is 0 Å². The fraction of sp³-hybridized carbons (Fsp3) is 0. The van der Waals surface area contributed by atoms with Crippen molar-refractivity contribution < 1.29 is 0 Å². The lowest BCUT2D eigenvalue weighted by atomic mass is 10.5. The normalized spacial score (nSPS) is 12.2. The Hall–Kier alpha value is -0.740. The van der Waals surface area contributed by atoms with Gasteiger partial charge in [-0.05, 0) is 23.7 Å². The zero-order valence-electron chi connectivity index (χ0n) is 4.91. The van der Waals surface area contributed by atoms with Crippen LogP contribution in [0, 0.1) is 6.07 Å². The van der Waals surface area contributed by atoms with Crippen molar-refractivity contribution in [2.75, 3.05) is 0 Å². The lowest BCUT2D eigenvalue weighted by Crippen LogP contribution is -1.49. The van der Waals surface area contributed by atoms with Gasteiger partial charge in [0.15, 0.2) is 0 Å². The first-order chi connectivity index (χ1) is 4.47. The number of hydrogen-bond donors (Lipinski definition) is 0. The van der Waals surface area contributed by atoms with Gasteiger partial charge in [-0.15, -0.1) is 0 Å². The van der Waals surface area contributed by atoms with E-state index in [0.717, 1.165) is 0 Å². The van der Waals surface area contributed by atoms with Crippen LogP contribution < -0.4 is 0 Å². The molecule has 0 saturated carbocycles. The average Bonchev–Trinajstić information content (AvgIpc) is 2.33. The molecule has 9 heavy (non-hydrogen) atoms. The molecule has 2 rings (SSSR count). The van der Waals surface area contributed by atoms with Crippen molar-refractivity contribution in [1.82, 2.24) is 0 Å². The third-order valence-corrected chi connectivity index (χ3v) is 3.15. The molecule has 1 unspecified atom stereocenters. The monoisotopic (exact) mass is 133 g/mol. The molecular formula is C8H6P. The van der Waals surface area contributed by atoms with Crippen LogP contribution >= 0.6 is 7.34 Å². The molecule has 2 aromatic rings. The molecule has 43 valence electrons. The second-order valence-corrected chi connectivity index (χ2v) is 3.85. The van der Waals surface area contributed by atoms with E-state index in [-0.39, 0.29) is 7.34 Å². The Morgan fingerprint density at radius 2 is 2.22 bits per heavy atom. The van der Waals surface area contributed by atoms with Crippen molar-refractivity contribution in [2.24, 2.45) is 0 Å². The summed E-state index contributed by atoms with van der Waals surface area (Å²) >= 11 is 0. The number of hydrogen-bond acceptors (Lipinski definition) is 0. The van der Waals surface area contributed by atoms with Crippen LogP contribution in [0.1, 0.15) is 0 Å². The summed E-state index contributed by atoms with van der Waals surface area (Å²) < 4.78 is 0. The quantitative estimate of drug-likeness (QED) is 0.518. The van der Waals surface area contributed by atoms with Crippen molar-refractivity contribution in [2.45, 2.75) is 0 Å². The van der Waals surface area contributed by atoms with Gasteiger partial charge >= 0.3 is 0 Å². The van der Waals surface area contributed by atoms with Crippen molar-refractivity contribution >= 4 is 12.5 Å². The zero-order chi connectivity index (χ0) is 6.10. The van der Waals surface area contributed by atoms with E-state index in [1.807, 2.05) is 6.07 Å². The summed E-state index contributed by atoms with van der Waals surface area (Å²) in [6, 6.07) is 11.5. The van der Waals surface area contributed by atoms with Gasteiger partial charge in [-0.25, -0.2) is 0 Å². The standard InChI is InChI=1S/C8H6P/c1-2-6-9-7-3-5-8(9)4-1/h1-4,6-7H. The summed E-state index contributed by atoms with van der Waals surface area (Å²) in [6.07, 6.45) is 0. The second kappa shape index (κ2) is 1.89. The van der Waals surface area contributed by atoms with Gasteiger partial charge in [0.05, 0.1) is 0 Å². The van der Waals surface area contributed by atoms with Gasteiger partial charge in [0.1, 0.15) is 0 Å². The lowest BCUT2D eigenvalue weighted by Gasteiger charge is -1.84. The maximum atomic E-state index is 3.19. The molecule has 1 heteroatoms. The number of fused-ring (bicyclic) bond motifs is 1. The molecule has 1 radical (unpaired) electrons. The zero-order valence-corrected chi connectivity index (χ0v) is 5.81. The molecule has 2 aromatic heterocycles. The van der Waals surface area contributed by atoms with Crippen molar-refractivity contribution in [3.8, 4) is 0 Å². The van der Waals surface area contributed by atoms with Gasteiger partial charge in [0.25, 0.3) is 0 Å². The Morgan fingerprint density at radius 3 is 3.11 bits per heavy atom. The van der Waals surface area contributed by atoms with E-state index in [2.05, 4.69) is 35.9 Å². The minimum absolute atomic E-state index is 0.0620. The van der Waals surface area contributed by atoms with E-state index >= 15 is 0 Å². The smallest absolute Gasteiger partial charge is 0.00571 e. The highest BCUT2D eigenvalue weighted by Crippen LogP contribution is 2.29. The summed E-state index contributed by atoms with van der Waals surface area (Å²) in [5.74, 6) is 4.45. The van der Waals surface area contributed by atoms with E-state index in [4.69, 9.17) is 0 Å². The van der Waals surface area contributed by atoms with E-state index in [1.54, 1.807) is 0 Å². The van der Waals surface area contributed by atoms with Crippen LogP contribution in [0.15, 0.2) is 35.9 Å². The van der Waals surface area contributed by atoms with Gasteiger partial charge in [0.2, 0.25) is 0 Å². The van der Waals surface area contributed by atoms with E-state index in [9.17, 15) is 0 Å². The molecule has 0 N–H and O–H groups in total. The lowest BCUT2D eigenvalue weighted by molar-refractivity contribution is 1.90. The molecule has 0 fully saturated rings. The highest BCUT2D eigenvalue weighted by Gasteiger charge is 1.86. The summed E-state index contributed by atoms with van der Waals surface area (Å²) in [4.78, 5) is 0. The predicted octanol–water partition coefficient (Wildman–Crippen LogP) is 2.92. The Bertz CT molecular complexity index is 279. The molecule has 0 amide bonds. The molecule has 1 atom stereocenters. The Labute approximate surface area is 55.2 Å². The predicted molar refractivity (Wildman–Crippen MR) is 41.0 cm³/mol. The van der Waals surface area contributed by atoms with Gasteiger partial charge in [-0.2, -0.15) is 0 Å². The highest BCUT2D eigenvalue weighted by atomic mass is 31.1. The fourth-order valence-electron chi connectivity index (χ4n) is 0.911. The Balaban J connectivity index is 2.95. The summed E-state index contributed by atoms with van der Waals surface area (Å²) in [6.45, 7) is 0. The van der Waals surface area contributed by atoms with Crippen LogP contribution in [-0.4, -0.2) is 0 Å². The van der Waals surface area contributed by atoms with E-state index in [1.165, 1.54) is 5.12 Å². The van der Waals surface area contributed by atoms with E-state index < -0.39 is 0 Å². The first-order valence-corrected chi connectivity index (χ1v) is 4.38. The topological polar surface area (TPSA) is 0 Å². The molecule has 0 aliphatic heterocycles. The van der Waals surface area contributed by atoms with Gasteiger partial charge in [-0.3, -0.25) is 0 Å². The molecule has 0 aliphatic carbocycles. The third-order valence-electron chi connectivity index (χ3n) is 1.36. The Kier molecular flexibility index (Phi) is 1.07. The first-order valence-electron chi connectivity index (χ1n) is 2.90.